The zero-order valence-corrected chi connectivity index (χ0v) is 15.3. The molecule has 2 N–H and O–H groups in total. The summed E-state index contributed by atoms with van der Waals surface area (Å²) in [5, 5.41) is 13.7. The Morgan fingerprint density at radius 3 is 2.08 bits per heavy atom. The van der Waals surface area contributed by atoms with Gasteiger partial charge in [0.05, 0.1) is 6.42 Å². The molecule has 1 atom stereocenters. The predicted octanol–water partition coefficient (Wildman–Crippen LogP) is 3.64. The van der Waals surface area contributed by atoms with Gasteiger partial charge in [0, 0.05) is 16.8 Å². The Labute approximate surface area is 147 Å². The zero-order valence-electron chi connectivity index (χ0n) is 15.3. The number of para-hydroxylation sites is 1. The summed E-state index contributed by atoms with van der Waals surface area (Å²) in [5.41, 5.74) is 4.99. The molecule has 0 saturated carbocycles. The summed E-state index contributed by atoms with van der Waals surface area (Å²) in [5.74, 6) is -0.756. The van der Waals surface area contributed by atoms with Crippen molar-refractivity contribution >= 4 is 17.4 Å². The van der Waals surface area contributed by atoms with Crippen LogP contribution in [0.5, 0.6) is 0 Å². The fourth-order valence-electron chi connectivity index (χ4n) is 3.72. The Hall–Kier alpha value is -2.46. The minimum absolute atomic E-state index is 0.212. The highest BCUT2D eigenvalue weighted by Crippen LogP contribution is 2.39. The largest absolute Gasteiger partial charge is 0.375 e. The van der Waals surface area contributed by atoms with Crippen LogP contribution in [0.25, 0.3) is 0 Å². The number of ketones is 1. The van der Waals surface area contributed by atoms with Gasteiger partial charge in [-0.15, -0.1) is 0 Å². The third-order valence-electron chi connectivity index (χ3n) is 5.69. The summed E-state index contributed by atoms with van der Waals surface area (Å²) in [4.78, 5) is 25.4. The van der Waals surface area contributed by atoms with Gasteiger partial charge in [0.2, 0.25) is 0 Å². The molecule has 0 fully saturated rings. The molecular formula is C21H23NO3. The highest BCUT2D eigenvalue weighted by molar-refractivity contribution is 6.10. The van der Waals surface area contributed by atoms with E-state index in [0.29, 0.717) is 16.8 Å². The van der Waals surface area contributed by atoms with Gasteiger partial charge < -0.3 is 10.4 Å². The molecule has 25 heavy (non-hydrogen) atoms. The molecule has 4 heteroatoms. The number of carbonyl (C=O) groups is 2. The van der Waals surface area contributed by atoms with Crippen molar-refractivity contribution in [3.05, 3.63) is 63.2 Å². The van der Waals surface area contributed by atoms with Crippen molar-refractivity contribution in [2.75, 3.05) is 5.32 Å². The summed E-state index contributed by atoms with van der Waals surface area (Å²) in [6.07, 6.45) is -0.264. The lowest BCUT2D eigenvalue weighted by molar-refractivity contribution is -0.133. The Kier molecular flexibility index (Phi) is 4.04. The highest BCUT2D eigenvalue weighted by Gasteiger charge is 2.46. The van der Waals surface area contributed by atoms with Gasteiger partial charge in [0.15, 0.2) is 11.4 Å². The number of aliphatic hydroxyl groups is 1. The summed E-state index contributed by atoms with van der Waals surface area (Å²) in [6.45, 7) is 9.90. The Balaban J connectivity index is 2.06. The van der Waals surface area contributed by atoms with Gasteiger partial charge in [0.1, 0.15) is 0 Å². The molecule has 4 nitrogen and oxygen atoms in total. The lowest BCUT2D eigenvalue weighted by Crippen LogP contribution is -2.36. The van der Waals surface area contributed by atoms with Gasteiger partial charge in [0.25, 0.3) is 5.91 Å². The molecule has 130 valence electrons. The first-order valence-corrected chi connectivity index (χ1v) is 8.42. The molecule has 0 unspecified atom stereocenters. The van der Waals surface area contributed by atoms with Gasteiger partial charge in [-0.25, -0.2) is 0 Å². The number of hydrogen-bond donors (Lipinski definition) is 2. The first-order valence-electron chi connectivity index (χ1n) is 8.42. The molecule has 0 radical (unpaired) electrons. The van der Waals surface area contributed by atoms with E-state index in [1.165, 1.54) is 5.56 Å². The minimum atomic E-state index is -1.82. The molecule has 1 amide bonds. The quantitative estimate of drug-likeness (QED) is 0.840. The minimum Gasteiger partial charge on any atom is -0.375 e. The number of Topliss-reactive ketones (excluding diaryl/α,β-unsaturated/α-hetero) is 1. The van der Waals surface area contributed by atoms with E-state index in [2.05, 4.69) is 5.32 Å². The maximum absolute atomic E-state index is 13.1. The Morgan fingerprint density at radius 1 is 0.960 bits per heavy atom. The van der Waals surface area contributed by atoms with Crippen molar-refractivity contribution in [2.24, 2.45) is 0 Å². The van der Waals surface area contributed by atoms with Crippen molar-refractivity contribution in [1.82, 2.24) is 0 Å². The van der Waals surface area contributed by atoms with Crippen molar-refractivity contribution in [3.63, 3.8) is 0 Å². The zero-order chi connectivity index (χ0) is 18.5. The van der Waals surface area contributed by atoms with Crippen molar-refractivity contribution in [3.8, 4) is 0 Å². The highest BCUT2D eigenvalue weighted by atomic mass is 16.3. The van der Waals surface area contributed by atoms with Crippen LogP contribution in [-0.2, 0) is 10.4 Å². The van der Waals surface area contributed by atoms with Gasteiger partial charge in [-0.2, -0.15) is 0 Å². The molecule has 1 aliphatic rings. The third-order valence-corrected chi connectivity index (χ3v) is 5.69. The molecule has 0 spiro atoms. The molecule has 3 rings (SSSR count). The van der Waals surface area contributed by atoms with Crippen molar-refractivity contribution in [2.45, 2.75) is 46.6 Å². The first kappa shape index (κ1) is 17.4. The van der Waals surface area contributed by atoms with Crippen LogP contribution in [0.1, 0.15) is 50.2 Å². The number of nitrogens with one attached hydrogen (secondary N) is 1. The molecule has 0 bridgehead atoms. The van der Waals surface area contributed by atoms with Crippen LogP contribution in [0.15, 0.2) is 24.3 Å². The number of hydrogen-bond acceptors (Lipinski definition) is 3. The number of anilines is 1. The van der Waals surface area contributed by atoms with Crippen LogP contribution < -0.4 is 5.32 Å². The smallest absolute Gasteiger partial charge is 0.261 e. The molecular weight excluding hydrogens is 314 g/mol. The van der Waals surface area contributed by atoms with Crippen LogP contribution in [0.2, 0.25) is 0 Å². The predicted molar refractivity (Wildman–Crippen MR) is 98.0 cm³/mol. The molecule has 0 saturated heterocycles. The fraction of sp³-hybridized carbons (Fsp3) is 0.333. The normalized spacial score (nSPS) is 18.9. The Bertz CT molecular complexity index is 885. The van der Waals surface area contributed by atoms with Crippen LogP contribution in [0.3, 0.4) is 0 Å². The number of benzene rings is 2. The molecule has 0 aromatic heterocycles. The maximum Gasteiger partial charge on any atom is 0.261 e. The van der Waals surface area contributed by atoms with Crippen molar-refractivity contribution in [1.29, 1.82) is 0 Å². The second-order valence-electron chi connectivity index (χ2n) is 6.96. The van der Waals surface area contributed by atoms with Gasteiger partial charge in [-0.05, 0) is 68.5 Å². The van der Waals surface area contributed by atoms with E-state index in [1.807, 2.05) is 34.6 Å². The molecule has 1 aliphatic heterocycles. The van der Waals surface area contributed by atoms with Crippen molar-refractivity contribution < 1.29 is 14.7 Å². The van der Waals surface area contributed by atoms with Crippen LogP contribution in [-0.4, -0.2) is 16.8 Å². The van der Waals surface area contributed by atoms with E-state index in [9.17, 15) is 14.7 Å². The van der Waals surface area contributed by atoms with Crippen LogP contribution in [0.4, 0.5) is 5.69 Å². The maximum atomic E-state index is 13.1. The van der Waals surface area contributed by atoms with E-state index < -0.39 is 11.5 Å². The molecule has 2 aromatic rings. The van der Waals surface area contributed by atoms with E-state index in [0.717, 1.165) is 22.3 Å². The summed E-state index contributed by atoms with van der Waals surface area (Å²) >= 11 is 0. The second kappa shape index (κ2) is 5.81. The standard InChI is InChI=1S/C21H23NO3/c1-11-12(2)14(4)19(15(5)13(11)3)18(23)10-21(25)16-8-6-7-9-17(16)22-20(21)24/h6-9,25H,10H2,1-5H3,(H,22,24)/t21-/m0/s1. The van der Waals surface area contributed by atoms with E-state index in [1.54, 1.807) is 24.3 Å². The van der Waals surface area contributed by atoms with Gasteiger partial charge in [-0.3, -0.25) is 9.59 Å². The monoisotopic (exact) mass is 337 g/mol. The average molecular weight is 337 g/mol. The lowest BCUT2D eigenvalue weighted by Gasteiger charge is -2.23. The summed E-state index contributed by atoms with van der Waals surface area (Å²) in [7, 11) is 0. The van der Waals surface area contributed by atoms with Crippen LogP contribution in [0, 0.1) is 34.6 Å². The number of amides is 1. The Morgan fingerprint density at radius 2 is 1.48 bits per heavy atom. The fourth-order valence-corrected chi connectivity index (χ4v) is 3.72. The summed E-state index contributed by atoms with van der Waals surface area (Å²) in [6, 6.07) is 6.96. The number of rotatable bonds is 3. The van der Waals surface area contributed by atoms with E-state index in [4.69, 9.17) is 0 Å². The first-order chi connectivity index (χ1) is 11.7. The number of carbonyl (C=O) groups excluding carboxylic acids is 2. The molecule has 1 heterocycles. The molecule has 0 aliphatic carbocycles. The average Bonchev–Trinajstić information content (AvgIpc) is 2.82. The van der Waals surface area contributed by atoms with E-state index >= 15 is 0 Å². The second-order valence-corrected chi connectivity index (χ2v) is 6.96. The van der Waals surface area contributed by atoms with Gasteiger partial charge >= 0.3 is 0 Å². The summed E-state index contributed by atoms with van der Waals surface area (Å²) < 4.78 is 0. The SMILES string of the molecule is Cc1c(C)c(C)c(C(=O)C[C@@]2(O)C(=O)Nc3ccccc32)c(C)c1C. The molecule has 2 aromatic carbocycles. The third kappa shape index (κ3) is 2.48. The van der Waals surface area contributed by atoms with Gasteiger partial charge in [-0.1, -0.05) is 18.2 Å². The topological polar surface area (TPSA) is 66.4 Å². The number of fused-ring (bicyclic) bond motifs is 1. The van der Waals surface area contributed by atoms with Crippen LogP contribution >= 0.6 is 0 Å². The lowest BCUT2D eigenvalue weighted by atomic mass is 9.82. The van der Waals surface area contributed by atoms with E-state index in [-0.39, 0.29) is 12.2 Å².